The van der Waals surface area contributed by atoms with Gasteiger partial charge >= 0.3 is 0 Å². The molecule has 112 valence electrons. The third kappa shape index (κ3) is 2.94. The Bertz CT molecular complexity index is 797. The Labute approximate surface area is 133 Å². The number of rotatable bonds is 4. The average molecular weight is 314 g/mol. The van der Waals surface area contributed by atoms with Crippen molar-refractivity contribution in [1.29, 1.82) is 0 Å². The molecule has 0 spiro atoms. The lowest BCUT2D eigenvalue weighted by atomic mass is 10.2. The lowest BCUT2D eigenvalue weighted by Crippen LogP contribution is -1.97. The van der Waals surface area contributed by atoms with E-state index in [1.807, 2.05) is 18.3 Å². The van der Waals surface area contributed by atoms with Crippen LogP contribution in [0.1, 0.15) is 19.0 Å². The molecule has 0 aliphatic rings. The van der Waals surface area contributed by atoms with Gasteiger partial charge in [-0.2, -0.15) is 5.10 Å². The van der Waals surface area contributed by atoms with Crippen molar-refractivity contribution in [1.82, 2.24) is 19.7 Å². The molecular weight excluding hydrogens is 298 g/mol. The fourth-order valence-corrected chi connectivity index (χ4v) is 2.54. The molecule has 3 aromatic rings. The lowest BCUT2D eigenvalue weighted by Gasteiger charge is -2.04. The van der Waals surface area contributed by atoms with Crippen molar-refractivity contribution >= 4 is 17.3 Å². The minimum atomic E-state index is 0.515. The quantitative estimate of drug-likeness (QED) is 0.800. The van der Waals surface area contributed by atoms with E-state index in [0.29, 0.717) is 16.4 Å². The molecule has 0 bridgehead atoms. The third-order valence-corrected chi connectivity index (χ3v) is 3.58. The van der Waals surface area contributed by atoms with Crippen molar-refractivity contribution < 1.29 is 0 Å². The zero-order valence-corrected chi connectivity index (χ0v) is 13.0. The Morgan fingerprint density at radius 3 is 2.86 bits per heavy atom. The molecule has 3 aromatic heterocycles. The number of halogens is 1. The predicted molar refractivity (Wildman–Crippen MR) is 88.0 cm³/mol. The van der Waals surface area contributed by atoms with Gasteiger partial charge in [-0.15, -0.1) is 0 Å². The summed E-state index contributed by atoms with van der Waals surface area (Å²) in [7, 11) is 0. The van der Waals surface area contributed by atoms with Crippen LogP contribution in [0, 0.1) is 0 Å². The van der Waals surface area contributed by atoms with Crippen molar-refractivity contribution in [2.24, 2.45) is 0 Å². The van der Waals surface area contributed by atoms with Crippen LogP contribution in [0.4, 0.5) is 5.69 Å². The number of anilines is 1. The molecular formula is C16H16ClN5. The molecule has 0 fully saturated rings. The molecule has 0 radical (unpaired) electrons. The molecule has 0 saturated carbocycles. The molecule has 0 amide bonds. The summed E-state index contributed by atoms with van der Waals surface area (Å²) in [5, 5.41) is 4.90. The molecule has 0 unspecified atom stereocenters. The van der Waals surface area contributed by atoms with Crippen LogP contribution < -0.4 is 5.73 Å². The van der Waals surface area contributed by atoms with Crippen LogP contribution in [0.3, 0.4) is 0 Å². The number of aromatic nitrogens is 4. The summed E-state index contributed by atoms with van der Waals surface area (Å²) in [5.41, 5.74) is 9.76. The summed E-state index contributed by atoms with van der Waals surface area (Å²) in [5.74, 6) is 0. The highest BCUT2D eigenvalue weighted by Crippen LogP contribution is 2.27. The van der Waals surface area contributed by atoms with Gasteiger partial charge in [0.2, 0.25) is 0 Å². The van der Waals surface area contributed by atoms with Gasteiger partial charge in [0, 0.05) is 23.7 Å². The number of nitrogens with zero attached hydrogens (tertiary/aromatic N) is 4. The third-order valence-electron chi connectivity index (χ3n) is 3.29. The van der Waals surface area contributed by atoms with Crippen LogP contribution in [-0.2, 0) is 6.42 Å². The molecule has 0 aliphatic heterocycles. The first-order valence-corrected chi connectivity index (χ1v) is 7.46. The van der Waals surface area contributed by atoms with Crippen LogP contribution in [0.25, 0.3) is 16.9 Å². The summed E-state index contributed by atoms with van der Waals surface area (Å²) < 4.78 is 1.80. The smallest absolute Gasteiger partial charge is 0.0921 e. The summed E-state index contributed by atoms with van der Waals surface area (Å²) in [6.07, 6.45) is 9.04. The maximum atomic E-state index is 6.20. The second-order valence-electron chi connectivity index (χ2n) is 5.03. The SMILES string of the molecule is CCCc1cc(-n2cc(-c3ncc(N)cc3Cl)cn2)ccn1. The van der Waals surface area contributed by atoms with Gasteiger partial charge in [-0.3, -0.25) is 9.97 Å². The van der Waals surface area contributed by atoms with Gasteiger partial charge in [0.15, 0.2) is 0 Å². The van der Waals surface area contributed by atoms with Crippen molar-refractivity contribution in [3.63, 3.8) is 0 Å². The van der Waals surface area contributed by atoms with Crippen LogP contribution in [-0.4, -0.2) is 19.7 Å². The Morgan fingerprint density at radius 2 is 2.09 bits per heavy atom. The maximum absolute atomic E-state index is 6.20. The number of pyridine rings is 2. The molecule has 0 saturated heterocycles. The van der Waals surface area contributed by atoms with E-state index in [9.17, 15) is 0 Å². The van der Waals surface area contributed by atoms with Gasteiger partial charge in [-0.1, -0.05) is 24.9 Å². The molecule has 0 aliphatic carbocycles. The van der Waals surface area contributed by atoms with Crippen LogP contribution in [0.5, 0.6) is 0 Å². The number of hydrogen-bond acceptors (Lipinski definition) is 4. The molecule has 3 heterocycles. The number of hydrogen-bond donors (Lipinski definition) is 1. The van der Waals surface area contributed by atoms with E-state index < -0.39 is 0 Å². The molecule has 3 rings (SSSR count). The standard InChI is InChI=1S/C16H16ClN5/c1-2-3-13-7-14(4-5-19-13)22-10-11(8-21-22)16-15(17)6-12(18)9-20-16/h4-10H,2-3,18H2,1H3. The van der Waals surface area contributed by atoms with Crippen molar-refractivity contribution in [2.45, 2.75) is 19.8 Å². The van der Waals surface area contributed by atoms with E-state index in [2.05, 4.69) is 22.0 Å². The first-order chi connectivity index (χ1) is 10.7. The number of nitrogen functional groups attached to an aromatic ring is 1. The Balaban J connectivity index is 1.95. The van der Waals surface area contributed by atoms with Gasteiger partial charge < -0.3 is 5.73 Å². The first kappa shape index (κ1) is 14.5. The van der Waals surface area contributed by atoms with E-state index in [4.69, 9.17) is 17.3 Å². The highest BCUT2D eigenvalue weighted by molar-refractivity contribution is 6.33. The fourth-order valence-electron chi connectivity index (χ4n) is 2.25. The van der Waals surface area contributed by atoms with Crippen LogP contribution in [0.2, 0.25) is 5.02 Å². The number of aryl methyl sites for hydroxylation is 1. The van der Waals surface area contributed by atoms with E-state index in [-0.39, 0.29) is 0 Å². The predicted octanol–water partition coefficient (Wildman–Crippen LogP) is 3.52. The highest BCUT2D eigenvalue weighted by Gasteiger charge is 2.09. The van der Waals surface area contributed by atoms with E-state index in [0.717, 1.165) is 29.8 Å². The first-order valence-electron chi connectivity index (χ1n) is 7.08. The summed E-state index contributed by atoms with van der Waals surface area (Å²) in [6.45, 7) is 2.13. The molecule has 0 aromatic carbocycles. The van der Waals surface area contributed by atoms with E-state index in [1.54, 1.807) is 29.3 Å². The topological polar surface area (TPSA) is 69.6 Å². The van der Waals surface area contributed by atoms with Gasteiger partial charge in [0.1, 0.15) is 0 Å². The summed E-state index contributed by atoms with van der Waals surface area (Å²) in [4.78, 5) is 8.63. The normalized spacial score (nSPS) is 10.8. The zero-order chi connectivity index (χ0) is 15.5. The number of nitrogens with two attached hydrogens (primary N) is 1. The van der Waals surface area contributed by atoms with Gasteiger partial charge in [-0.25, -0.2) is 4.68 Å². The van der Waals surface area contributed by atoms with Crippen molar-refractivity contribution in [3.05, 3.63) is 53.7 Å². The minimum Gasteiger partial charge on any atom is -0.397 e. The second kappa shape index (κ2) is 6.15. The summed E-state index contributed by atoms with van der Waals surface area (Å²) in [6, 6.07) is 5.65. The molecule has 22 heavy (non-hydrogen) atoms. The summed E-state index contributed by atoms with van der Waals surface area (Å²) >= 11 is 6.20. The molecule has 2 N–H and O–H groups in total. The fraction of sp³-hybridized carbons (Fsp3) is 0.188. The van der Waals surface area contributed by atoms with Gasteiger partial charge in [0.05, 0.1) is 34.5 Å². The highest BCUT2D eigenvalue weighted by atomic mass is 35.5. The van der Waals surface area contributed by atoms with Gasteiger partial charge in [0.25, 0.3) is 0 Å². The molecule has 5 nitrogen and oxygen atoms in total. The zero-order valence-electron chi connectivity index (χ0n) is 12.2. The van der Waals surface area contributed by atoms with Crippen molar-refractivity contribution in [2.75, 3.05) is 5.73 Å². The monoisotopic (exact) mass is 313 g/mol. The maximum Gasteiger partial charge on any atom is 0.0921 e. The van der Waals surface area contributed by atoms with Crippen molar-refractivity contribution in [3.8, 4) is 16.9 Å². The Kier molecular flexibility index (Phi) is 4.06. The van der Waals surface area contributed by atoms with E-state index in [1.165, 1.54) is 0 Å². The molecule has 6 heteroatoms. The van der Waals surface area contributed by atoms with Gasteiger partial charge in [-0.05, 0) is 24.6 Å². The average Bonchev–Trinajstić information content (AvgIpc) is 2.97. The van der Waals surface area contributed by atoms with E-state index >= 15 is 0 Å². The Hall–Kier alpha value is -2.40. The van der Waals surface area contributed by atoms with Crippen LogP contribution in [0.15, 0.2) is 43.0 Å². The second-order valence-corrected chi connectivity index (χ2v) is 5.44. The Morgan fingerprint density at radius 1 is 1.23 bits per heavy atom. The van der Waals surface area contributed by atoms with Crippen LogP contribution >= 0.6 is 11.6 Å². The minimum absolute atomic E-state index is 0.515. The lowest BCUT2D eigenvalue weighted by molar-refractivity contribution is 0.848. The molecule has 0 atom stereocenters. The largest absolute Gasteiger partial charge is 0.397 e.